The molecule has 27 heavy (non-hydrogen) atoms. The number of hydrogen-bond acceptors (Lipinski definition) is 7. The summed E-state index contributed by atoms with van der Waals surface area (Å²) in [4.78, 5) is 39.7. The molecule has 0 radical (unpaired) electrons. The Kier molecular flexibility index (Phi) is 5.30. The molecule has 138 valence electrons. The lowest BCUT2D eigenvalue weighted by Crippen LogP contribution is -2.18. The van der Waals surface area contributed by atoms with Crippen molar-refractivity contribution in [2.45, 2.75) is 26.9 Å². The zero-order valence-electron chi connectivity index (χ0n) is 14.9. The average molecular weight is 367 g/mol. The van der Waals surface area contributed by atoms with Crippen LogP contribution in [0.3, 0.4) is 0 Å². The molecule has 7 nitrogen and oxygen atoms in total. The van der Waals surface area contributed by atoms with E-state index in [1.165, 1.54) is 12.3 Å². The molecular formula is C20H17NO6. The molecule has 0 aliphatic heterocycles. The Hall–Kier alpha value is -3.48. The molecule has 0 aliphatic rings. The summed E-state index contributed by atoms with van der Waals surface area (Å²) in [6, 6.07) is 7.99. The lowest BCUT2D eigenvalue weighted by Gasteiger charge is -2.06. The molecule has 0 unspecified atom stereocenters. The van der Waals surface area contributed by atoms with Gasteiger partial charge in [-0.1, -0.05) is 13.0 Å². The van der Waals surface area contributed by atoms with Gasteiger partial charge in [0.05, 0.1) is 6.20 Å². The van der Waals surface area contributed by atoms with Crippen molar-refractivity contribution in [3.05, 3.63) is 69.8 Å². The van der Waals surface area contributed by atoms with E-state index in [-0.39, 0.29) is 30.3 Å². The molecule has 0 saturated heterocycles. The van der Waals surface area contributed by atoms with E-state index in [0.29, 0.717) is 16.5 Å². The molecule has 0 amide bonds. The van der Waals surface area contributed by atoms with Gasteiger partial charge < -0.3 is 13.9 Å². The first kappa shape index (κ1) is 18.3. The topological polar surface area (TPSA) is 95.7 Å². The second-order valence-electron chi connectivity index (χ2n) is 5.92. The first-order valence-corrected chi connectivity index (χ1v) is 8.32. The Morgan fingerprint density at radius 3 is 2.70 bits per heavy atom. The van der Waals surface area contributed by atoms with Gasteiger partial charge in [-0.05, 0) is 42.3 Å². The highest BCUT2D eigenvalue weighted by atomic mass is 16.5. The number of rotatable bonds is 5. The van der Waals surface area contributed by atoms with Crippen molar-refractivity contribution in [2.75, 3.05) is 0 Å². The number of hydrogen-bond donors (Lipinski definition) is 0. The highest BCUT2D eigenvalue weighted by molar-refractivity contribution is 5.94. The van der Waals surface area contributed by atoms with Crippen molar-refractivity contribution in [3.63, 3.8) is 0 Å². The zero-order valence-corrected chi connectivity index (χ0v) is 14.9. The van der Waals surface area contributed by atoms with Crippen LogP contribution in [0.5, 0.6) is 5.75 Å². The zero-order chi connectivity index (χ0) is 19.4. The van der Waals surface area contributed by atoms with Crippen LogP contribution in [-0.2, 0) is 16.1 Å². The summed E-state index contributed by atoms with van der Waals surface area (Å²) in [5.74, 6) is -0.911. The number of aromatic nitrogens is 1. The van der Waals surface area contributed by atoms with Crippen molar-refractivity contribution in [1.29, 1.82) is 0 Å². The fourth-order valence-corrected chi connectivity index (χ4v) is 2.42. The summed E-state index contributed by atoms with van der Waals surface area (Å²) >= 11 is 0. The Morgan fingerprint density at radius 1 is 1.15 bits per heavy atom. The summed E-state index contributed by atoms with van der Waals surface area (Å²) in [5, 5.41) is 0.522. The van der Waals surface area contributed by atoms with Gasteiger partial charge in [-0.25, -0.2) is 9.59 Å². The highest BCUT2D eigenvalue weighted by Crippen LogP contribution is 2.18. The Morgan fingerprint density at radius 2 is 1.96 bits per heavy atom. The number of benzene rings is 1. The van der Waals surface area contributed by atoms with Crippen LogP contribution in [0.1, 0.15) is 34.8 Å². The van der Waals surface area contributed by atoms with Gasteiger partial charge in [0.2, 0.25) is 0 Å². The minimum absolute atomic E-state index is 0.0937. The summed E-state index contributed by atoms with van der Waals surface area (Å²) in [6.07, 6.45) is 3.29. The van der Waals surface area contributed by atoms with Crippen molar-refractivity contribution in [2.24, 2.45) is 0 Å². The van der Waals surface area contributed by atoms with Gasteiger partial charge in [-0.2, -0.15) is 0 Å². The fraction of sp³-hybridized carbons (Fsp3) is 0.200. The number of esters is 2. The second kappa shape index (κ2) is 7.82. The van der Waals surface area contributed by atoms with Crippen molar-refractivity contribution in [3.8, 4) is 5.75 Å². The highest BCUT2D eigenvalue weighted by Gasteiger charge is 2.17. The van der Waals surface area contributed by atoms with Crippen LogP contribution >= 0.6 is 0 Å². The van der Waals surface area contributed by atoms with Gasteiger partial charge in [-0.3, -0.25) is 9.78 Å². The van der Waals surface area contributed by atoms with Gasteiger partial charge >= 0.3 is 17.6 Å². The first-order valence-electron chi connectivity index (χ1n) is 8.32. The van der Waals surface area contributed by atoms with Crippen LogP contribution in [-0.4, -0.2) is 16.9 Å². The van der Waals surface area contributed by atoms with E-state index in [9.17, 15) is 14.4 Å². The predicted octanol–water partition coefficient (Wildman–Crippen LogP) is 3.17. The van der Waals surface area contributed by atoms with Crippen molar-refractivity contribution < 1.29 is 23.5 Å². The monoisotopic (exact) mass is 367 g/mol. The minimum atomic E-state index is -0.833. The number of carbonyl (C=O) groups is 2. The van der Waals surface area contributed by atoms with Gasteiger partial charge in [-0.15, -0.1) is 0 Å². The summed E-state index contributed by atoms with van der Waals surface area (Å²) in [6.45, 7) is 3.61. The molecule has 0 bridgehead atoms. The van der Waals surface area contributed by atoms with Crippen LogP contribution in [0.2, 0.25) is 0 Å². The third kappa shape index (κ3) is 4.38. The largest absolute Gasteiger partial charge is 0.461 e. The van der Waals surface area contributed by atoms with Gasteiger partial charge in [0, 0.05) is 18.0 Å². The maximum absolute atomic E-state index is 12.3. The lowest BCUT2D eigenvalue weighted by molar-refractivity contribution is -0.144. The third-order valence-electron chi connectivity index (χ3n) is 3.77. The summed E-state index contributed by atoms with van der Waals surface area (Å²) in [5.41, 5.74) is 0.821. The minimum Gasteiger partial charge on any atom is -0.461 e. The number of aryl methyl sites for hydroxylation is 1. The quantitative estimate of drug-likeness (QED) is 0.505. The molecule has 0 spiro atoms. The Labute approximate surface area is 154 Å². The van der Waals surface area contributed by atoms with Crippen LogP contribution < -0.4 is 10.4 Å². The van der Waals surface area contributed by atoms with Crippen LogP contribution in [0.4, 0.5) is 0 Å². The Bertz CT molecular complexity index is 1070. The average Bonchev–Trinajstić information content (AvgIpc) is 2.65. The third-order valence-corrected chi connectivity index (χ3v) is 3.77. The van der Waals surface area contributed by atoms with Crippen LogP contribution in [0.25, 0.3) is 11.0 Å². The van der Waals surface area contributed by atoms with Crippen molar-refractivity contribution in [1.82, 2.24) is 4.98 Å². The van der Waals surface area contributed by atoms with Crippen molar-refractivity contribution >= 4 is 22.9 Å². The molecule has 0 atom stereocenters. The Balaban J connectivity index is 1.88. The molecule has 0 N–H and O–H groups in total. The molecule has 0 aliphatic carbocycles. The lowest BCUT2D eigenvalue weighted by atomic mass is 10.1. The maximum atomic E-state index is 12.3. The molecule has 2 aromatic heterocycles. The normalized spacial score (nSPS) is 10.6. The number of carbonyl (C=O) groups excluding carboxylic acids is 2. The van der Waals surface area contributed by atoms with E-state index < -0.39 is 11.6 Å². The molecule has 3 aromatic rings. The molecule has 0 saturated carbocycles. The van der Waals surface area contributed by atoms with E-state index in [0.717, 1.165) is 5.56 Å². The standard InChI is InChI=1S/C20H17NO6/c1-3-18(22)25-11-13-4-5-17-14(7-13)8-16(20(24)27-17)19(23)26-15-6-12(2)9-21-10-15/h4-10H,3,11H2,1-2H3. The van der Waals surface area contributed by atoms with Gasteiger partial charge in [0.1, 0.15) is 23.5 Å². The van der Waals surface area contributed by atoms with E-state index in [1.54, 1.807) is 37.4 Å². The molecule has 1 aromatic carbocycles. The second-order valence-corrected chi connectivity index (χ2v) is 5.92. The molecule has 3 rings (SSSR count). The summed E-state index contributed by atoms with van der Waals surface area (Å²) < 4.78 is 15.5. The van der Waals surface area contributed by atoms with Gasteiger partial charge in [0.15, 0.2) is 0 Å². The SMILES string of the molecule is CCC(=O)OCc1ccc2oc(=O)c(C(=O)Oc3cncc(C)c3)cc2c1. The smallest absolute Gasteiger partial charge is 0.351 e. The van der Waals surface area contributed by atoms with E-state index >= 15 is 0 Å². The summed E-state index contributed by atoms with van der Waals surface area (Å²) in [7, 11) is 0. The number of pyridine rings is 1. The van der Waals surface area contributed by atoms with Crippen LogP contribution in [0, 0.1) is 6.92 Å². The van der Waals surface area contributed by atoms with E-state index in [2.05, 4.69) is 4.98 Å². The fourth-order valence-electron chi connectivity index (χ4n) is 2.42. The molecule has 7 heteroatoms. The number of fused-ring (bicyclic) bond motifs is 1. The first-order chi connectivity index (χ1) is 13.0. The van der Waals surface area contributed by atoms with Gasteiger partial charge in [0.25, 0.3) is 0 Å². The predicted molar refractivity (Wildman–Crippen MR) is 96.5 cm³/mol. The molecular weight excluding hydrogens is 350 g/mol. The van der Waals surface area contributed by atoms with E-state index in [1.807, 2.05) is 6.92 Å². The van der Waals surface area contributed by atoms with Crippen LogP contribution in [0.15, 0.2) is 51.9 Å². The number of ether oxygens (including phenoxy) is 2. The molecule has 0 fully saturated rings. The number of nitrogens with zero attached hydrogens (tertiary/aromatic N) is 1. The van der Waals surface area contributed by atoms with E-state index in [4.69, 9.17) is 13.9 Å². The molecule has 2 heterocycles. The maximum Gasteiger partial charge on any atom is 0.351 e.